The Morgan fingerprint density at radius 2 is 2.57 bits per heavy atom. The van der Waals surface area contributed by atoms with Gasteiger partial charge in [0.2, 0.25) is 5.13 Å². The Balaban J connectivity index is 2.57. The van der Waals surface area contributed by atoms with Crippen molar-refractivity contribution in [1.82, 2.24) is 10.2 Å². The van der Waals surface area contributed by atoms with Crippen LogP contribution in [0.1, 0.15) is 6.42 Å². The van der Waals surface area contributed by atoms with Gasteiger partial charge in [0, 0.05) is 6.54 Å². The van der Waals surface area contributed by atoms with Crippen LogP contribution in [0.3, 0.4) is 0 Å². The van der Waals surface area contributed by atoms with Gasteiger partial charge in [0.25, 0.3) is 0 Å². The van der Waals surface area contributed by atoms with E-state index in [0.29, 0.717) is 18.2 Å². The molecule has 5 nitrogen and oxygen atoms in total. The molecule has 0 aliphatic rings. The highest BCUT2D eigenvalue weighted by atomic mass is 32.1. The molecule has 0 bridgehead atoms. The fraction of sp³-hybridized carbons (Fsp3) is 0.375. The summed E-state index contributed by atoms with van der Waals surface area (Å²) in [6.07, 6.45) is 5.20. The van der Waals surface area contributed by atoms with Crippen LogP contribution >= 0.6 is 11.3 Å². The molecule has 1 aromatic rings. The van der Waals surface area contributed by atoms with Crippen LogP contribution in [0.2, 0.25) is 0 Å². The summed E-state index contributed by atoms with van der Waals surface area (Å²) in [5, 5.41) is 16.7. The Morgan fingerprint density at radius 1 is 1.79 bits per heavy atom. The van der Waals surface area contributed by atoms with E-state index < -0.39 is 5.97 Å². The molecule has 0 aliphatic heterocycles. The molecule has 0 saturated heterocycles. The second-order valence-corrected chi connectivity index (χ2v) is 3.30. The lowest BCUT2D eigenvalue weighted by Crippen LogP contribution is -2.26. The van der Waals surface area contributed by atoms with Crippen LogP contribution in [0.25, 0.3) is 0 Å². The third-order valence-corrected chi connectivity index (χ3v) is 2.25. The van der Waals surface area contributed by atoms with E-state index >= 15 is 0 Å². The van der Waals surface area contributed by atoms with Crippen molar-refractivity contribution in [3.63, 3.8) is 0 Å². The van der Waals surface area contributed by atoms with E-state index in [1.807, 2.05) is 0 Å². The number of carboxylic acids is 1. The highest BCUT2D eigenvalue weighted by Crippen LogP contribution is 2.15. The SMILES string of the molecule is C#CCN(CCC(=O)O)c1nncs1. The average molecular weight is 211 g/mol. The highest BCUT2D eigenvalue weighted by Gasteiger charge is 2.09. The van der Waals surface area contributed by atoms with E-state index in [4.69, 9.17) is 11.5 Å². The van der Waals surface area contributed by atoms with Gasteiger partial charge in [0.05, 0.1) is 13.0 Å². The summed E-state index contributed by atoms with van der Waals surface area (Å²) in [6, 6.07) is 0. The number of aliphatic carboxylic acids is 1. The Hall–Kier alpha value is -1.61. The minimum absolute atomic E-state index is 0.0429. The van der Waals surface area contributed by atoms with Crippen molar-refractivity contribution in [3.8, 4) is 12.3 Å². The number of rotatable bonds is 5. The van der Waals surface area contributed by atoms with Crippen LogP contribution < -0.4 is 4.90 Å². The first-order chi connectivity index (χ1) is 6.74. The molecule has 74 valence electrons. The highest BCUT2D eigenvalue weighted by molar-refractivity contribution is 7.13. The van der Waals surface area contributed by atoms with E-state index in [1.54, 1.807) is 10.4 Å². The molecule has 0 fully saturated rings. The summed E-state index contributed by atoms with van der Waals surface area (Å²) in [7, 11) is 0. The van der Waals surface area contributed by atoms with Crippen molar-refractivity contribution < 1.29 is 9.90 Å². The smallest absolute Gasteiger partial charge is 0.305 e. The van der Waals surface area contributed by atoms with Crippen molar-refractivity contribution in [2.75, 3.05) is 18.0 Å². The van der Waals surface area contributed by atoms with Gasteiger partial charge >= 0.3 is 5.97 Å². The lowest BCUT2D eigenvalue weighted by atomic mass is 10.4. The zero-order valence-electron chi connectivity index (χ0n) is 7.38. The van der Waals surface area contributed by atoms with Gasteiger partial charge < -0.3 is 10.0 Å². The van der Waals surface area contributed by atoms with Crippen LogP contribution in [0, 0.1) is 12.3 Å². The fourth-order valence-electron chi connectivity index (χ4n) is 0.888. The van der Waals surface area contributed by atoms with Gasteiger partial charge in [0.15, 0.2) is 0 Å². The molecule has 0 saturated carbocycles. The molecule has 0 unspecified atom stereocenters. The van der Waals surface area contributed by atoms with E-state index in [0.717, 1.165) is 0 Å². The maximum atomic E-state index is 10.4. The predicted molar refractivity (Wildman–Crippen MR) is 53.2 cm³/mol. The molecular weight excluding hydrogens is 202 g/mol. The molecule has 14 heavy (non-hydrogen) atoms. The zero-order valence-corrected chi connectivity index (χ0v) is 8.20. The van der Waals surface area contributed by atoms with Crippen LogP contribution in [-0.4, -0.2) is 34.4 Å². The Bertz CT molecular complexity index is 331. The van der Waals surface area contributed by atoms with Gasteiger partial charge in [-0.2, -0.15) is 0 Å². The van der Waals surface area contributed by atoms with Crippen molar-refractivity contribution in [2.24, 2.45) is 0 Å². The van der Waals surface area contributed by atoms with E-state index in [1.165, 1.54) is 11.3 Å². The number of carbonyl (C=O) groups is 1. The molecule has 0 aromatic carbocycles. The first-order valence-corrected chi connectivity index (χ1v) is 4.78. The van der Waals surface area contributed by atoms with E-state index in [9.17, 15) is 4.79 Å². The van der Waals surface area contributed by atoms with Crippen LogP contribution in [-0.2, 0) is 4.79 Å². The minimum atomic E-state index is -0.850. The summed E-state index contributed by atoms with van der Waals surface area (Å²) < 4.78 is 0. The third kappa shape index (κ3) is 3.03. The van der Waals surface area contributed by atoms with Gasteiger partial charge in [0.1, 0.15) is 5.51 Å². The molecule has 0 amide bonds. The molecule has 0 radical (unpaired) electrons. The molecule has 1 N–H and O–H groups in total. The Kier molecular flexibility index (Phi) is 3.88. The lowest BCUT2D eigenvalue weighted by Gasteiger charge is -2.16. The van der Waals surface area contributed by atoms with Crippen LogP contribution in [0.15, 0.2) is 5.51 Å². The quantitative estimate of drug-likeness (QED) is 0.716. The predicted octanol–water partition coefficient (Wildman–Crippen LogP) is 0.452. The summed E-state index contributed by atoms with van der Waals surface area (Å²) in [6.45, 7) is 0.706. The number of nitrogens with zero attached hydrogens (tertiary/aromatic N) is 3. The monoisotopic (exact) mass is 211 g/mol. The van der Waals surface area contributed by atoms with Crippen LogP contribution in [0.5, 0.6) is 0 Å². The first kappa shape index (κ1) is 10.5. The van der Waals surface area contributed by atoms with Gasteiger partial charge in [-0.1, -0.05) is 17.3 Å². The van der Waals surface area contributed by atoms with E-state index in [2.05, 4.69) is 16.1 Å². The van der Waals surface area contributed by atoms with Gasteiger partial charge in [-0.15, -0.1) is 16.6 Å². The summed E-state index contributed by atoms with van der Waals surface area (Å²) in [5.74, 6) is 1.60. The number of hydrogen-bond donors (Lipinski definition) is 1. The molecule has 0 aliphatic carbocycles. The maximum absolute atomic E-state index is 10.4. The van der Waals surface area contributed by atoms with Crippen molar-refractivity contribution >= 4 is 22.4 Å². The normalized spacial score (nSPS) is 9.36. The van der Waals surface area contributed by atoms with Gasteiger partial charge in [-0.3, -0.25) is 4.79 Å². The number of anilines is 1. The minimum Gasteiger partial charge on any atom is -0.481 e. The molecule has 0 spiro atoms. The molecule has 1 rings (SSSR count). The second-order valence-electron chi connectivity index (χ2n) is 2.49. The zero-order chi connectivity index (χ0) is 10.4. The first-order valence-electron chi connectivity index (χ1n) is 3.90. The number of carboxylic acid groups (broad SMARTS) is 1. The topological polar surface area (TPSA) is 66.3 Å². The Labute approximate surface area is 85.4 Å². The summed E-state index contributed by atoms with van der Waals surface area (Å²) >= 11 is 1.34. The third-order valence-electron chi connectivity index (χ3n) is 1.50. The van der Waals surface area contributed by atoms with E-state index in [-0.39, 0.29) is 6.42 Å². The molecule has 6 heteroatoms. The Morgan fingerprint density at radius 3 is 3.07 bits per heavy atom. The summed E-state index contributed by atoms with van der Waals surface area (Å²) in [4.78, 5) is 12.1. The fourth-order valence-corrected chi connectivity index (χ4v) is 1.48. The summed E-state index contributed by atoms with van der Waals surface area (Å²) in [5.41, 5.74) is 1.58. The van der Waals surface area contributed by atoms with Gasteiger partial charge in [-0.05, 0) is 0 Å². The molecule has 1 aromatic heterocycles. The number of aromatic nitrogens is 2. The number of hydrogen-bond acceptors (Lipinski definition) is 5. The number of terminal acetylenes is 1. The van der Waals surface area contributed by atoms with Crippen LogP contribution in [0.4, 0.5) is 5.13 Å². The molecule has 1 heterocycles. The van der Waals surface area contributed by atoms with Crippen molar-refractivity contribution in [2.45, 2.75) is 6.42 Å². The lowest BCUT2D eigenvalue weighted by molar-refractivity contribution is -0.136. The molecule has 0 atom stereocenters. The average Bonchev–Trinajstić information content (AvgIpc) is 2.64. The second kappa shape index (κ2) is 5.19. The van der Waals surface area contributed by atoms with Gasteiger partial charge in [-0.25, -0.2) is 0 Å². The maximum Gasteiger partial charge on any atom is 0.305 e. The largest absolute Gasteiger partial charge is 0.481 e. The van der Waals surface area contributed by atoms with Crippen molar-refractivity contribution in [1.29, 1.82) is 0 Å². The standard InChI is InChI=1S/C8H9N3O2S/c1-2-4-11(5-3-7(12)13)8-10-9-6-14-8/h1,6H,3-5H2,(H,12,13). The molecular formula is C8H9N3O2S. The van der Waals surface area contributed by atoms with Crippen molar-refractivity contribution in [3.05, 3.63) is 5.51 Å².